The molecule has 0 radical (unpaired) electrons. The number of oxazole rings is 1. The zero-order valence-corrected chi connectivity index (χ0v) is 8.43. The number of rotatable bonds is 1. The normalized spacial score (nSPS) is 14.9. The Hall–Kier alpha value is -2.01. The summed E-state index contributed by atoms with van der Waals surface area (Å²) in [7, 11) is 0. The molecule has 5 heteroatoms. The number of hydrogen-bond donors (Lipinski definition) is 1. The van der Waals surface area contributed by atoms with Gasteiger partial charge in [-0.1, -0.05) is 0 Å². The van der Waals surface area contributed by atoms with Gasteiger partial charge in [-0.05, 0) is 12.1 Å². The van der Waals surface area contributed by atoms with E-state index < -0.39 is 0 Å². The molecule has 0 saturated carbocycles. The van der Waals surface area contributed by atoms with Crippen molar-refractivity contribution in [2.75, 3.05) is 6.54 Å². The highest BCUT2D eigenvalue weighted by molar-refractivity contribution is 5.97. The topological polar surface area (TPSA) is 68.0 Å². The average molecular weight is 215 g/mol. The third-order valence-corrected chi connectivity index (χ3v) is 2.46. The molecule has 0 amide bonds. The van der Waals surface area contributed by atoms with Crippen LogP contribution in [0.3, 0.4) is 0 Å². The summed E-state index contributed by atoms with van der Waals surface area (Å²) in [5, 5.41) is 2.97. The fourth-order valence-corrected chi connectivity index (χ4v) is 1.68. The number of carbonyl (C=O) groups excluding carboxylic acids is 1. The number of aromatic nitrogens is 2. The van der Waals surface area contributed by atoms with Crippen molar-refractivity contribution in [2.24, 2.45) is 0 Å². The lowest BCUT2D eigenvalue weighted by molar-refractivity contribution is 0.0954. The van der Waals surface area contributed by atoms with E-state index in [1.807, 2.05) is 0 Å². The molecular weight excluding hydrogens is 206 g/mol. The van der Waals surface area contributed by atoms with Crippen LogP contribution in [-0.2, 0) is 6.54 Å². The fourth-order valence-electron chi connectivity index (χ4n) is 1.68. The third-order valence-electron chi connectivity index (χ3n) is 2.46. The Bertz CT molecular complexity index is 533. The Kier molecular flexibility index (Phi) is 2.04. The van der Waals surface area contributed by atoms with Gasteiger partial charge in [-0.2, -0.15) is 0 Å². The van der Waals surface area contributed by atoms with Crippen molar-refractivity contribution < 1.29 is 9.21 Å². The molecule has 3 rings (SSSR count). The number of nitrogens with one attached hydrogen (secondary N) is 1. The van der Waals surface area contributed by atoms with Gasteiger partial charge in [0.05, 0.1) is 6.54 Å². The van der Waals surface area contributed by atoms with Crippen LogP contribution in [0.4, 0.5) is 0 Å². The average Bonchev–Trinajstić information content (AvgIpc) is 2.76. The van der Waals surface area contributed by atoms with Crippen LogP contribution < -0.4 is 5.32 Å². The minimum atomic E-state index is -0.0472. The van der Waals surface area contributed by atoms with Crippen LogP contribution in [0.5, 0.6) is 0 Å². The van der Waals surface area contributed by atoms with Crippen LogP contribution in [-0.4, -0.2) is 22.3 Å². The van der Waals surface area contributed by atoms with Gasteiger partial charge in [-0.3, -0.25) is 9.78 Å². The zero-order valence-electron chi connectivity index (χ0n) is 8.43. The Morgan fingerprint density at radius 3 is 2.81 bits per heavy atom. The Balaban J connectivity index is 2.08. The van der Waals surface area contributed by atoms with Crippen LogP contribution in [0.15, 0.2) is 28.9 Å². The van der Waals surface area contributed by atoms with Crippen LogP contribution >= 0.6 is 0 Å². The van der Waals surface area contributed by atoms with Gasteiger partial charge in [0.15, 0.2) is 5.76 Å². The molecule has 3 heterocycles. The highest BCUT2D eigenvalue weighted by Gasteiger charge is 2.24. The van der Waals surface area contributed by atoms with Crippen molar-refractivity contribution in [1.82, 2.24) is 15.3 Å². The summed E-state index contributed by atoms with van der Waals surface area (Å²) in [6.07, 6.45) is 3.33. The molecule has 16 heavy (non-hydrogen) atoms. The largest absolute Gasteiger partial charge is 0.433 e. The maximum absolute atomic E-state index is 11.5. The summed E-state index contributed by atoms with van der Waals surface area (Å²) < 4.78 is 5.48. The maximum Gasteiger partial charge on any atom is 0.227 e. The first-order chi connectivity index (χ1) is 7.84. The lowest BCUT2D eigenvalue weighted by Crippen LogP contribution is -2.29. The molecule has 1 aliphatic heterocycles. The second kappa shape index (κ2) is 3.53. The van der Waals surface area contributed by atoms with E-state index in [1.165, 1.54) is 0 Å². The molecule has 5 nitrogen and oxygen atoms in total. The minimum Gasteiger partial charge on any atom is -0.433 e. The predicted molar refractivity (Wildman–Crippen MR) is 55.8 cm³/mol. The van der Waals surface area contributed by atoms with Gasteiger partial charge in [0.2, 0.25) is 11.7 Å². The summed E-state index contributed by atoms with van der Waals surface area (Å²) in [6.45, 7) is 0.896. The monoisotopic (exact) mass is 215 g/mol. The minimum absolute atomic E-state index is 0.0472. The second-order valence-corrected chi connectivity index (χ2v) is 3.56. The van der Waals surface area contributed by atoms with Gasteiger partial charge in [0.1, 0.15) is 5.69 Å². The van der Waals surface area contributed by atoms with Crippen molar-refractivity contribution in [2.45, 2.75) is 6.54 Å². The van der Waals surface area contributed by atoms with E-state index in [9.17, 15) is 4.79 Å². The molecule has 0 spiro atoms. The molecule has 1 aliphatic rings. The Morgan fingerprint density at radius 1 is 1.25 bits per heavy atom. The fraction of sp³-hybridized carbons (Fsp3) is 0.182. The van der Waals surface area contributed by atoms with E-state index >= 15 is 0 Å². The lowest BCUT2D eigenvalue weighted by Gasteiger charge is -2.07. The van der Waals surface area contributed by atoms with Crippen LogP contribution in [0.1, 0.15) is 16.2 Å². The van der Waals surface area contributed by atoms with Gasteiger partial charge < -0.3 is 9.73 Å². The molecule has 1 N–H and O–H groups in total. The number of pyridine rings is 1. The highest BCUT2D eigenvalue weighted by Crippen LogP contribution is 2.23. The molecule has 80 valence electrons. The molecule has 0 fully saturated rings. The zero-order chi connectivity index (χ0) is 11.0. The molecule has 0 saturated heterocycles. The summed E-state index contributed by atoms with van der Waals surface area (Å²) >= 11 is 0. The number of ketones is 1. The van der Waals surface area contributed by atoms with Crippen LogP contribution in [0.25, 0.3) is 11.5 Å². The Labute approximate surface area is 91.5 Å². The first-order valence-electron chi connectivity index (χ1n) is 4.98. The van der Waals surface area contributed by atoms with Gasteiger partial charge in [-0.15, -0.1) is 0 Å². The summed E-state index contributed by atoms with van der Waals surface area (Å²) in [6, 6.07) is 3.60. The molecule has 0 aromatic carbocycles. The number of carbonyl (C=O) groups is 1. The molecule has 2 aromatic heterocycles. The smallest absolute Gasteiger partial charge is 0.227 e. The molecular formula is C11H9N3O2. The summed E-state index contributed by atoms with van der Waals surface area (Å²) in [5.41, 5.74) is 1.51. The first kappa shape index (κ1) is 9.23. The molecule has 0 atom stereocenters. The van der Waals surface area contributed by atoms with E-state index in [4.69, 9.17) is 4.42 Å². The quantitative estimate of drug-likeness (QED) is 0.769. The first-order valence-corrected chi connectivity index (χ1v) is 4.98. The van der Waals surface area contributed by atoms with E-state index in [0.29, 0.717) is 30.4 Å². The third kappa shape index (κ3) is 1.42. The van der Waals surface area contributed by atoms with Crippen LogP contribution in [0.2, 0.25) is 0 Å². The van der Waals surface area contributed by atoms with Crippen molar-refractivity contribution in [1.29, 1.82) is 0 Å². The highest BCUT2D eigenvalue weighted by atomic mass is 16.4. The van der Waals surface area contributed by atoms with Gasteiger partial charge >= 0.3 is 0 Å². The number of nitrogens with zero attached hydrogens (tertiary/aromatic N) is 2. The lowest BCUT2D eigenvalue weighted by atomic mass is 10.2. The number of Topliss-reactive ketones (excluding diaryl/α,β-unsaturated/α-hetero) is 1. The van der Waals surface area contributed by atoms with Crippen molar-refractivity contribution in [3.05, 3.63) is 36.0 Å². The van der Waals surface area contributed by atoms with Crippen molar-refractivity contribution in [3.8, 4) is 11.5 Å². The van der Waals surface area contributed by atoms with E-state index in [-0.39, 0.29) is 5.78 Å². The number of fused-ring (bicyclic) bond motifs is 1. The standard InChI is InChI=1S/C11H9N3O2/c15-9-6-13-5-8-10(9)16-11(14-8)7-1-3-12-4-2-7/h1-4,13H,5-6H2. The maximum atomic E-state index is 11.5. The van der Waals surface area contributed by atoms with E-state index in [1.54, 1.807) is 24.5 Å². The predicted octanol–water partition coefficient (Wildman–Crippen LogP) is 1.02. The van der Waals surface area contributed by atoms with Gasteiger partial charge in [0, 0.05) is 24.5 Å². The van der Waals surface area contributed by atoms with E-state index in [0.717, 1.165) is 5.56 Å². The van der Waals surface area contributed by atoms with Gasteiger partial charge in [-0.25, -0.2) is 4.98 Å². The van der Waals surface area contributed by atoms with E-state index in [2.05, 4.69) is 15.3 Å². The Morgan fingerprint density at radius 2 is 2.06 bits per heavy atom. The molecule has 0 unspecified atom stereocenters. The SMILES string of the molecule is O=C1CNCc2nc(-c3ccncc3)oc21. The summed E-state index contributed by atoms with van der Waals surface area (Å²) in [4.78, 5) is 19.7. The second-order valence-electron chi connectivity index (χ2n) is 3.56. The molecule has 0 bridgehead atoms. The molecule has 0 aliphatic carbocycles. The van der Waals surface area contributed by atoms with Crippen molar-refractivity contribution in [3.63, 3.8) is 0 Å². The molecule has 2 aromatic rings. The van der Waals surface area contributed by atoms with Crippen LogP contribution in [0, 0.1) is 0 Å². The van der Waals surface area contributed by atoms with Gasteiger partial charge in [0.25, 0.3) is 0 Å². The number of hydrogen-bond acceptors (Lipinski definition) is 5. The van der Waals surface area contributed by atoms with Crippen molar-refractivity contribution >= 4 is 5.78 Å². The summed E-state index contributed by atoms with van der Waals surface area (Å²) in [5.74, 6) is 0.809.